The van der Waals surface area contributed by atoms with E-state index < -0.39 is 0 Å². The molecule has 0 heterocycles. The molecule has 0 fully saturated rings. The molecule has 0 atom stereocenters. The summed E-state index contributed by atoms with van der Waals surface area (Å²) < 4.78 is 0. The molecule has 32 valence electrons. The zero-order valence-corrected chi connectivity index (χ0v) is 4.00. The fourth-order valence-corrected chi connectivity index (χ4v) is 0. The van der Waals surface area contributed by atoms with Crippen molar-refractivity contribution < 1.29 is 0 Å². The van der Waals surface area contributed by atoms with Crippen molar-refractivity contribution in [2.75, 3.05) is 6.38 Å². The van der Waals surface area contributed by atoms with Crippen LogP contribution in [-0.4, -0.2) is 6.38 Å². The summed E-state index contributed by atoms with van der Waals surface area (Å²) in [4.78, 5) is 0. The molecule has 0 aromatic rings. The molecule has 0 amide bonds. The van der Waals surface area contributed by atoms with Crippen LogP contribution in [0.15, 0.2) is 12.8 Å². The maximum absolute atomic E-state index is 4.64. The van der Waals surface area contributed by atoms with Gasteiger partial charge in [-0.2, -0.15) is 0 Å². The van der Waals surface area contributed by atoms with Crippen molar-refractivity contribution in [3.8, 4) is 0 Å². The molecule has 0 aliphatic carbocycles. The molecule has 0 aromatic carbocycles. The van der Waals surface area contributed by atoms with E-state index in [1.807, 2.05) is 0 Å². The fraction of sp³-hybridized carbons (Fsp3) is 0.333. The molecule has 0 aliphatic heterocycles. The molecule has 0 rings (SSSR count). The predicted octanol–water partition coefficient (Wildman–Crippen LogP) is 0.944. The van der Waals surface area contributed by atoms with E-state index in [0.29, 0.717) is 0 Å². The minimum atomic E-state index is 1.25. The topological polar surface area (TPSA) is 26.0 Å². The summed E-state index contributed by atoms with van der Waals surface area (Å²) >= 11 is 4.64. The van der Waals surface area contributed by atoms with Crippen molar-refractivity contribution in [3.63, 3.8) is 0 Å². The first kappa shape index (κ1) is 8.85. The third-order valence-corrected chi connectivity index (χ3v) is 0. The number of hydrogen-bond donors (Lipinski definition) is 1. The van der Waals surface area contributed by atoms with Crippen molar-refractivity contribution in [1.82, 2.24) is 0 Å². The van der Waals surface area contributed by atoms with Crippen LogP contribution in [0.25, 0.3) is 0 Å². The fourth-order valence-electron chi connectivity index (χ4n) is 0. The summed E-state index contributed by atoms with van der Waals surface area (Å²) in [6.07, 6.45) is 2.72. The monoisotopic (exact) mass is 93.0 g/mol. The van der Waals surface area contributed by atoms with Gasteiger partial charge in [-0.25, -0.2) is 0 Å². The first-order valence-corrected chi connectivity index (χ1v) is 1.88. The lowest BCUT2D eigenvalue weighted by Crippen LogP contribution is -1.67. The molecule has 0 aromatic heterocycles. The Hall–Kier alpha value is -0.170. The number of nitrogens with two attached hydrogens (primary N) is 1. The zero-order valence-electron chi connectivity index (χ0n) is 3.24. The molecule has 0 bridgehead atoms. The molecule has 0 aliphatic rings. The Labute approximate surface area is 37.4 Å². The zero-order chi connectivity index (χ0) is 4.71. The first-order valence-electron chi connectivity index (χ1n) is 1.12. The third-order valence-electron chi connectivity index (χ3n) is 0. The molecule has 5 heavy (non-hydrogen) atoms. The second-order valence-corrected chi connectivity index (χ2v) is 0.236. The van der Waals surface area contributed by atoms with Crippen LogP contribution in [0.5, 0.6) is 0 Å². The third kappa shape index (κ3) is 444. The van der Waals surface area contributed by atoms with Crippen molar-refractivity contribution in [3.05, 3.63) is 12.8 Å². The quantitative estimate of drug-likeness (QED) is 0.444. The maximum Gasteiger partial charge on any atom is 0.0108 e. The second-order valence-electron chi connectivity index (χ2n) is 0.236. The van der Waals surface area contributed by atoms with Gasteiger partial charge in [0.15, 0.2) is 0 Å². The van der Waals surface area contributed by atoms with E-state index in [4.69, 9.17) is 0 Å². The van der Waals surface area contributed by atoms with Crippen molar-refractivity contribution >= 4 is 11.6 Å². The van der Waals surface area contributed by atoms with Crippen LogP contribution in [0.1, 0.15) is 0 Å². The summed E-state index contributed by atoms with van der Waals surface area (Å²) in [7, 11) is 0. The van der Waals surface area contributed by atoms with Crippen LogP contribution < -0.4 is 5.73 Å². The lowest BCUT2D eigenvalue weighted by atomic mass is 11.1. The van der Waals surface area contributed by atoms with E-state index >= 15 is 0 Å². The molecule has 0 saturated carbocycles. The van der Waals surface area contributed by atoms with Crippen LogP contribution in [0.3, 0.4) is 0 Å². The van der Waals surface area contributed by atoms with Crippen molar-refractivity contribution in [2.45, 2.75) is 0 Å². The van der Waals surface area contributed by atoms with Crippen molar-refractivity contribution in [2.24, 2.45) is 5.73 Å². The van der Waals surface area contributed by atoms with Crippen LogP contribution in [0.4, 0.5) is 0 Å². The number of halogens is 1. The van der Waals surface area contributed by atoms with Gasteiger partial charge in [0.05, 0.1) is 0 Å². The van der Waals surface area contributed by atoms with Gasteiger partial charge >= 0.3 is 0 Å². The Kier molecular flexibility index (Phi) is 78.8. The molecular formula is C3H8ClN. The molecule has 0 saturated heterocycles. The van der Waals surface area contributed by atoms with Gasteiger partial charge < -0.3 is 5.73 Å². The second kappa shape index (κ2) is 44.5. The normalized spacial score (nSPS) is 3.60. The SMILES string of the molecule is C=CN.CCl. The van der Waals surface area contributed by atoms with Gasteiger partial charge in [-0.1, -0.05) is 6.58 Å². The largest absolute Gasteiger partial charge is 0.405 e. The highest BCUT2D eigenvalue weighted by Crippen LogP contribution is 1.34. The van der Waals surface area contributed by atoms with E-state index in [1.54, 1.807) is 0 Å². The highest BCUT2D eigenvalue weighted by molar-refractivity contribution is 6.15. The summed E-state index contributed by atoms with van der Waals surface area (Å²) in [5.41, 5.74) is 4.61. The average Bonchev–Trinajstić information content (AvgIpc) is 1.46. The number of alkyl halides is 1. The molecule has 0 spiro atoms. The van der Waals surface area contributed by atoms with Gasteiger partial charge in [0.25, 0.3) is 0 Å². The predicted molar refractivity (Wildman–Crippen MR) is 26.2 cm³/mol. The molecule has 0 unspecified atom stereocenters. The summed E-state index contributed by atoms with van der Waals surface area (Å²) in [5.74, 6) is 0. The smallest absolute Gasteiger partial charge is 0.0108 e. The average molecular weight is 93.6 g/mol. The Morgan fingerprint density at radius 1 is 1.80 bits per heavy atom. The summed E-state index contributed by atoms with van der Waals surface area (Å²) in [6, 6.07) is 0. The van der Waals surface area contributed by atoms with E-state index in [1.165, 1.54) is 12.6 Å². The molecular weight excluding hydrogens is 85.5 g/mol. The standard InChI is InChI=1S/C2H5N.CH3Cl/c1-2-3;1-2/h2H,1,3H2;1H3. The molecule has 2 heteroatoms. The Bertz CT molecular complexity index is 14.4. The highest BCUT2D eigenvalue weighted by atomic mass is 35.5. The maximum atomic E-state index is 4.64. The Balaban J connectivity index is 0. The van der Waals surface area contributed by atoms with E-state index in [-0.39, 0.29) is 0 Å². The minimum Gasteiger partial charge on any atom is -0.405 e. The van der Waals surface area contributed by atoms with Gasteiger partial charge in [0.2, 0.25) is 0 Å². The van der Waals surface area contributed by atoms with Crippen LogP contribution in [0, 0.1) is 0 Å². The highest BCUT2D eigenvalue weighted by Gasteiger charge is 1.09. The van der Waals surface area contributed by atoms with Crippen molar-refractivity contribution in [1.29, 1.82) is 0 Å². The van der Waals surface area contributed by atoms with Gasteiger partial charge in [-0.15, -0.1) is 11.6 Å². The lowest BCUT2D eigenvalue weighted by molar-refractivity contribution is 1.64. The number of hydrogen-bond acceptors (Lipinski definition) is 1. The van der Waals surface area contributed by atoms with Crippen LogP contribution in [-0.2, 0) is 0 Å². The number of rotatable bonds is 0. The van der Waals surface area contributed by atoms with E-state index in [2.05, 4.69) is 23.9 Å². The Morgan fingerprint density at radius 3 is 1.80 bits per heavy atom. The molecule has 0 radical (unpaired) electrons. The van der Waals surface area contributed by atoms with Gasteiger partial charge in [-0.05, 0) is 6.20 Å². The van der Waals surface area contributed by atoms with Crippen LogP contribution >= 0.6 is 11.6 Å². The lowest BCUT2D eigenvalue weighted by Gasteiger charge is -1.40. The minimum absolute atomic E-state index is 1.25. The van der Waals surface area contributed by atoms with Gasteiger partial charge in [-0.3, -0.25) is 0 Å². The Morgan fingerprint density at radius 2 is 1.80 bits per heavy atom. The van der Waals surface area contributed by atoms with Gasteiger partial charge in [0, 0.05) is 6.38 Å². The molecule has 2 N–H and O–H groups in total. The first-order chi connectivity index (χ1) is 2.41. The van der Waals surface area contributed by atoms with Crippen LogP contribution in [0.2, 0.25) is 0 Å². The summed E-state index contributed by atoms with van der Waals surface area (Å²) in [5, 5.41) is 0. The molecule has 1 nitrogen and oxygen atoms in total. The summed E-state index contributed by atoms with van der Waals surface area (Å²) in [6.45, 7) is 3.14. The van der Waals surface area contributed by atoms with E-state index in [0.717, 1.165) is 0 Å². The van der Waals surface area contributed by atoms with E-state index in [9.17, 15) is 0 Å². The van der Waals surface area contributed by atoms with Gasteiger partial charge in [0.1, 0.15) is 0 Å².